The van der Waals surface area contributed by atoms with E-state index in [-0.39, 0.29) is 79.8 Å². The standard InChI is InChI=1S/GeH4.Pb.H4Si.Sn.4H/h1H4;;1H4;;;;;. The normalized spacial score (nSPS) is 0. The van der Waals surface area contributed by atoms with Crippen LogP contribution < -0.4 is 0 Å². The SMILES string of the molecule is [GeH4].[PbH2].[SiH4].[SnH2]. The van der Waals surface area contributed by atoms with E-state index >= 15 is 0 Å². The van der Waals surface area contributed by atoms with Crippen molar-refractivity contribution in [2.24, 2.45) is 0 Å². The Hall–Kier alpha value is 2.48. The van der Waals surface area contributed by atoms with Crippen molar-refractivity contribution in [3.8, 4) is 0 Å². The summed E-state index contributed by atoms with van der Waals surface area (Å²) in [5, 5.41) is 0. The van der Waals surface area contributed by atoms with Gasteiger partial charge in [-0.25, -0.2) is 0 Å². The van der Waals surface area contributed by atoms with E-state index in [0.29, 0.717) is 0 Å². The number of hydrogen-bond acceptors (Lipinski definition) is 0. The van der Waals surface area contributed by atoms with Crippen LogP contribution in [0.5, 0.6) is 0 Å². The van der Waals surface area contributed by atoms with Gasteiger partial charge in [-0.1, -0.05) is 0 Å². The maximum atomic E-state index is 0. The van der Waals surface area contributed by atoms with Crippen molar-refractivity contribution >= 4 is 79.8 Å². The fraction of sp³-hybridized carbons (Fsp3) is 0. The maximum absolute atomic E-state index is 0. The number of hydrogen-bond donors (Lipinski definition) is 0. The van der Waals surface area contributed by atoms with E-state index in [2.05, 4.69) is 0 Å². The summed E-state index contributed by atoms with van der Waals surface area (Å²) in [7, 11) is 0. The van der Waals surface area contributed by atoms with E-state index in [1.54, 1.807) is 0 Å². The fourth-order valence-electron chi connectivity index (χ4n) is 0. The first-order valence-corrected chi connectivity index (χ1v) is 0. The third kappa shape index (κ3) is 8.82. The van der Waals surface area contributed by atoms with Crippen molar-refractivity contribution in [3.05, 3.63) is 0 Å². The second kappa shape index (κ2) is 17.9. The van der Waals surface area contributed by atoms with Crippen molar-refractivity contribution < 1.29 is 0 Å². The van der Waals surface area contributed by atoms with Gasteiger partial charge in [0.05, 0.1) is 0 Å². The van der Waals surface area contributed by atoms with Crippen LogP contribution in [0, 0.1) is 0 Å². The Morgan fingerprint density at radius 1 is 1.00 bits per heavy atom. The summed E-state index contributed by atoms with van der Waals surface area (Å²) in [6, 6.07) is 0. The summed E-state index contributed by atoms with van der Waals surface area (Å²) >= 11 is 0. The molecular formula is H12GePbSiSn. The summed E-state index contributed by atoms with van der Waals surface area (Å²) in [6.45, 7) is 0. The van der Waals surface area contributed by atoms with Gasteiger partial charge in [0, 0.05) is 0 Å². The molecule has 0 bridgehead atoms. The van der Waals surface area contributed by atoms with Gasteiger partial charge in [0.1, 0.15) is 0 Å². The Bertz CT molecular complexity index is 8.00. The minimum atomic E-state index is 0. The molecule has 4 radical (unpaired) electrons. The Labute approximate surface area is 78.6 Å². The van der Waals surface area contributed by atoms with Gasteiger partial charge in [-0.05, 0) is 11.0 Å². The van der Waals surface area contributed by atoms with E-state index in [4.69, 9.17) is 0 Å². The van der Waals surface area contributed by atoms with Crippen molar-refractivity contribution in [2.45, 2.75) is 0 Å². The zero-order valence-electron chi connectivity index (χ0n) is 1.41. The zero-order chi connectivity index (χ0) is 0. The quantitative estimate of drug-likeness (QED) is 0.334. The molecule has 0 aromatic rings. The van der Waals surface area contributed by atoms with Crippen LogP contribution in [0.4, 0.5) is 0 Å². The Morgan fingerprint density at radius 3 is 1.00 bits per heavy atom. The van der Waals surface area contributed by atoms with Crippen LogP contribution in [0.3, 0.4) is 0 Å². The van der Waals surface area contributed by atoms with E-state index in [9.17, 15) is 0 Å². The first-order valence-electron chi connectivity index (χ1n) is 0. The second-order valence-electron chi connectivity index (χ2n) is 0. The van der Waals surface area contributed by atoms with Gasteiger partial charge in [0.2, 0.25) is 0 Å². The summed E-state index contributed by atoms with van der Waals surface area (Å²) in [5.41, 5.74) is 0. The van der Waals surface area contributed by atoms with Gasteiger partial charge in [-0.2, -0.15) is 0 Å². The van der Waals surface area contributed by atoms with E-state index in [1.807, 2.05) is 0 Å². The summed E-state index contributed by atoms with van der Waals surface area (Å²) < 4.78 is 0. The third-order valence-electron chi connectivity index (χ3n) is 0. The molecule has 0 fully saturated rings. The third-order valence-corrected chi connectivity index (χ3v) is 0. The molecule has 0 aliphatic rings. The van der Waals surface area contributed by atoms with Crippen LogP contribution in [0.25, 0.3) is 0 Å². The molecule has 0 saturated heterocycles. The van der Waals surface area contributed by atoms with Crippen LogP contribution >= 0.6 is 0 Å². The van der Waals surface area contributed by atoms with Crippen molar-refractivity contribution in [2.75, 3.05) is 0 Å². The summed E-state index contributed by atoms with van der Waals surface area (Å²) in [5.74, 6) is 0. The van der Waals surface area contributed by atoms with Gasteiger partial charge in [-0.15, -0.1) is 0 Å². The van der Waals surface area contributed by atoms with Crippen LogP contribution in [-0.2, 0) is 0 Å². The Kier molecular flexibility index (Phi) is 141. The molecule has 0 aliphatic carbocycles. The van der Waals surface area contributed by atoms with E-state index in [0.717, 1.165) is 0 Å². The molecule has 0 N–H and O–H groups in total. The van der Waals surface area contributed by atoms with Gasteiger partial charge in [-0.3, -0.25) is 0 Å². The molecule has 0 aromatic carbocycles. The number of rotatable bonds is 0. The molecule has 0 aromatic heterocycles. The fourth-order valence-corrected chi connectivity index (χ4v) is 0. The monoisotopic (exact) mass is 442 g/mol. The topological polar surface area (TPSA) is 0 Å². The molecule has 4 heavy (non-hydrogen) atoms. The zero-order valence-corrected chi connectivity index (χ0v) is 10.9. The van der Waals surface area contributed by atoms with Crippen LogP contribution in [-0.4, -0.2) is 79.8 Å². The summed E-state index contributed by atoms with van der Waals surface area (Å²) in [6.07, 6.45) is 0. The minimum absolute atomic E-state index is 0. The molecule has 28 valence electrons. The van der Waals surface area contributed by atoms with E-state index < -0.39 is 0 Å². The van der Waals surface area contributed by atoms with Crippen molar-refractivity contribution in [1.82, 2.24) is 0 Å². The second-order valence-corrected chi connectivity index (χ2v) is 0. The summed E-state index contributed by atoms with van der Waals surface area (Å²) in [4.78, 5) is 0. The van der Waals surface area contributed by atoms with E-state index in [1.165, 1.54) is 0 Å². The molecule has 4 heteroatoms. The van der Waals surface area contributed by atoms with Gasteiger partial charge >= 0.3 is 68.8 Å². The first kappa shape index (κ1) is 31.6. The molecule has 0 unspecified atom stereocenters. The first-order chi connectivity index (χ1) is 0. The average molecular weight is 439 g/mol. The molecule has 0 heterocycles. The average Bonchev–Trinajstić information content (AvgIpc) is 0. The van der Waals surface area contributed by atoms with Gasteiger partial charge in [0.15, 0.2) is 0 Å². The molecular weight excluding hydrogens is 427 g/mol. The van der Waals surface area contributed by atoms with Crippen molar-refractivity contribution in [3.63, 3.8) is 0 Å². The molecule has 0 aliphatic heterocycles. The van der Waals surface area contributed by atoms with Gasteiger partial charge in [0.25, 0.3) is 0 Å². The van der Waals surface area contributed by atoms with Crippen molar-refractivity contribution in [1.29, 1.82) is 0 Å². The molecule has 0 spiro atoms. The van der Waals surface area contributed by atoms with Crippen LogP contribution in [0.2, 0.25) is 0 Å². The molecule has 0 amide bonds. The molecule has 0 nitrogen and oxygen atoms in total. The predicted molar refractivity (Wildman–Crippen MR) is 39.8 cm³/mol. The van der Waals surface area contributed by atoms with Crippen LogP contribution in [0.15, 0.2) is 0 Å². The molecule has 0 atom stereocenters. The van der Waals surface area contributed by atoms with Gasteiger partial charge < -0.3 is 0 Å². The Morgan fingerprint density at radius 2 is 1.00 bits per heavy atom. The predicted octanol–water partition coefficient (Wildman–Crippen LogP) is -4.74. The Balaban J connectivity index is 0. The molecule has 0 saturated carbocycles. The molecule has 0 rings (SSSR count). The van der Waals surface area contributed by atoms with Crippen LogP contribution in [0.1, 0.15) is 0 Å².